The van der Waals surface area contributed by atoms with Crippen LogP contribution < -0.4 is 16.1 Å². The fourth-order valence-corrected chi connectivity index (χ4v) is 2.65. The van der Waals surface area contributed by atoms with Gasteiger partial charge in [0, 0.05) is 12.1 Å². The lowest BCUT2D eigenvalue weighted by atomic mass is 10.1. The third-order valence-electron chi connectivity index (χ3n) is 4.06. The molecule has 0 saturated carbocycles. The molecule has 1 unspecified atom stereocenters. The molecule has 3 N–H and O–H groups in total. The first kappa shape index (κ1) is 19.3. The second-order valence-electron chi connectivity index (χ2n) is 6.02. The smallest absolute Gasteiger partial charge is 0.368 e. The molecule has 3 rings (SSSR count). The molecule has 6 nitrogen and oxygen atoms in total. The van der Waals surface area contributed by atoms with Crippen LogP contribution >= 0.6 is 0 Å². The molecule has 0 aliphatic carbocycles. The zero-order chi connectivity index (χ0) is 20.5. The highest BCUT2D eigenvalue weighted by atomic mass is 19.4. The Hall–Kier alpha value is -3.43. The van der Waals surface area contributed by atoms with E-state index in [4.69, 9.17) is 5.73 Å². The molecule has 1 aliphatic heterocycles. The van der Waals surface area contributed by atoms with Crippen LogP contribution in [0.25, 0.3) is 0 Å². The number of halogens is 4. The number of hydrazone groups is 1. The van der Waals surface area contributed by atoms with Gasteiger partial charge in [-0.3, -0.25) is 14.6 Å². The van der Waals surface area contributed by atoms with E-state index in [0.717, 1.165) is 24.3 Å². The lowest BCUT2D eigenvalue weighted by molar-refractivity contribution is -0.137. The summed E-state index contributed by atoms with van der Waals surface area (Å²) < 4.78 is 50.9. The highest BCUT2D eigenvalue weighted by molar-refractivity contribution is 6.44. The molecule has 0 bridgehead atoms. The molecule has 2 aromatic rings. The zero-order valence-electron chi connectivity index (χ0n) is 14.2. The van der Waals surface area contributed by atoms with Crippen molar-refractivity contribution in [2.24, 2.45) is 10.8 Å². The molecule has 0 fully saturated rings. The van der Waals surface area contributed by atoms with Gasteiger partial charge in [0.25, 0.3) is 5.91 Å². The Morgan fingerprint density at radius 1 is 1.07 bits per heavy atom. The van der Waals surface area contributed by atoms with Crippen molar-refractivity contribution in [2.45, 2.75) is 18.6 Å². The summed E-state index contributed by atoms with van der Waals surface area (Å²) >= 11 is 0. The lowest BCUT2D eigenvalue weighted by Crippen LogP contribution is -2.39. The van der Waals surface area contributed by atoms with E-state index in [1.807, 2.05) is 0 Å². The predicted molar refractivity (Wildman–Crippen MR) is 94.0 cm³/mol. The molecule has 1 atom stereocenters. The number of nitrogens with one attached hydrogen (secondary N) is 1. The number of amides is 2. The number of carbonyl (C=O) groups excluding carboxylic acids is 2. The molecule has 146 valence electrons. The van der Waals surface area contributed by atoms with Crippen LogP contribution in [0.2, 0.25) is 0 Å². The Morgan fingerprint density at radius 3 is 2.21 bits per heavy atom. The maximum atomic E-state index is 13.1. The first-order valence-corrected chi connectivity index (χ1v) is 8.05. The van der Waals surface area contributed by atoms with Crippen molar-refractivity contribution >= 4 is 28.9 Å². The molecule has 10 heteroatoms. The quantitative estimate of drug-likeness (QED) is 0.782. The number of nitrogens with two attached hydrogens (primary N) is 1. The van der Waals surface area contributed by atoms with Gasteiger partial charge in [-0.15, -0.1) is 0 Å². The average Bonchev–Trinajstić information content (AvgIpc) is 3.08. The summed E-state index contributed by atoms with van der Waals surface area (Å²) in [6.45, 7) is 0. The van der Waals surface area contributed by atoms with E-state index in [2.05, 4.69) is 10.4 Å². The van der Waals surface area contributed by atoms with Gasteiger partial charge in [0.1, 0.15) is 17.6 Å². The average molecular weight is 394 g/mol. The Balaban J connectivity index is 1.78. The number of hydrogen-bond acceptors (Lipinski definition) is 4. The highest BCUT2D eigenvalue weighted by Gasteiger charge is 2.35. The van der Waals surface area contributed by atoms with Gasteiger partial charge in [-0.2, -0.15) is 18.3 Å². The normalized spacial score (nSPS) is 16.6. The fraction of sp³-hybridized carbons (Fsp3) is 0.167. The summed E-state index contributed by atoms with van der Waals surface area (Å²) in [5.74, 6) is -1.90. The van der Waals surface area contributed by atoms with E-state index in [-0.39, 0.29) is 17.8 Å². The molecule has 2 amide bonds. The van der Waals surface area contributed by atoms with Gasteiger partial charge in [0.05, 0.1) is 11.3 Å². The minimum atomic E-state index is -4.48. The first-order valence-electron chi connectivity index (χ1n) is 8.05. The van der Waals surface area contributed by atoms with Gasteiger partial charge >= 0.3 is 6.18 Å². The van der Waals surface area contributed by atoms with Crippen molar-refractivity contribution < 1.29 is 27.2 Å². The van der Waals surface area contributed by atoms with Crippen molar-refractivity contribution in [1.29, 1.82) is 0 Å². The van der Waals surface area contributed by atoms with Crippen LogP contribution in [-0.2, 0) is 15.8 Å². The largest absolute Gasteiger partial charge is 0.416 e. The second kappa shape index (κ2) is 7.29. The van der Waals surface area contributed by atoms with E-state index in [9.17, 15) is 27.2 Å². The van der Waals surface area contributed by atoms with Crippen molar-refractivity contribution in [3.63, 3.8) is 0 Å². The van der Waals surface area contributed by atoms with Gasteiger partial charge in [0.15, 0.2) is 0 Å². The summed E-state index contributed by atoms with van der Waals surface area (Å²) in [5, 5.41) is 7.72. The molecule has 0 aromatic heterocycles. The van der Waals surface area contributed by atoms with E-state index in [1.54, 1.807) is 0 Å². The number of nitrogens with zero attached hydrogens (tertiary/aromatic N) is 2. The third kappa shape index (κ3) is 4.11. The maximum absolute atomic E-state index is 13.1. The Kier molecular flexibility index (Phi) is 5.04. The molecule has 2 aromatic carbocycles. The van der Waals surface area contributed by atoms with Crippen LogP contribution in [0.1, 0.15) is 12.0 Å². The monoisotopic (exact) mass is 394 g/mol. The predicted octanol–water partition coefficient (Wildman–Crippen LogP) is 2.90. The lowest BCUT2D eigenvalue weighted by Gasteiger charge is -2.20. The van der Waals surface area contributed by atoms with E-state index in [1.165, 1.54) is 29.3 Å². The van der Waals surface area contributed by atoms with Gasteiger partial charge in [0.2, 0.25) is 5.91 Å². The number of rotatable bonds is 4. The minimum Gasteiger partial charge on any atom is -0.368 e. The van der Waals surface area contributed by atoms with Crippen molar-refractivity contribution in [3.8, 4) is 0 Å². The Labute approximate surface area is 156 Å². The summed E-state index contributed by atoms with van der Waals surface area (Å²) in [4.78, 5) is 24.1. The van der Waals surface area contributed by atoms with Crippen LogP contribution in [0, 0.1) is 5.82 Å². The number of anilines is 2. The van der Waals surface area contributed by atoms with Crippen LogP contribution in [0.3, 0.4) is 0 Å². The summed E-state index contributed by atoms with van der Waals surface area (Å²) in [6, 6.07) is 8.05. The molecule has 0 radical (unpaired) electrons. The van der Waals surface area contributed by atoms with Crippen LogP contribution in [0.4, 0.5) is 28.9 Å². The molecular weight excluding hydrogens is 380 g/mol. The SMILES string of the molecule is NC(=O)C1CC(C(=O)Nc2ccc(C(F)(F)F)cc2)=NN1c1ccc(F)cc1. The molecule has 28 heavy (non-hydrogen) atoms. The fourth-order valence-electron chi connectivity index (χ4n) is 2.65. The highest BCUT2D eigenvalue weighted by Crippen LogP contribution is 2.30. The summed E-state index contributed by atoms with van der Waals surface area (Å²) in [6.07, 6.45) is -4.58. The van der Waals surface area contributed by atoms with Gasteiger partial charge < -0.3 is 11.1 Å². The molecule has 1 aliphatic rings. The molecular formula is C18H14F4N4O2. The van der Waals surface area contributed by atoms with Crippen molar-refractivity contribution in [3.05, 3.63) is 59.9 Å². The number of benzene rings is 2. The second-order valence-corrected chi connectivity index (χ2v) is 6.02. The van der Waals surface area contributed by atoms with E-state index >= 15 is 0 Å². The minimum absolute atomic E-state index is 0.0342. The molecule has 0 spiro atoms. The van der Waals surface area contributed by atoms with Crippen LogP contribution in [0.5, 0.6) is 0 Å². The maximum Gasteiger partial charge on any atom is 0.416 e. The topological polar surface area (TPSA) is 87.8 Å². The van der Waals surface area contributed by atoms with Gasteiger partial charge in [-0.05, 0) is 48.5 Å². The number of alkyl halides is 3. The molecule has 0 saturated heterocycles. The third-order valence-corrected chi connectivity index (χ3v) is 4.06. The van der Waals surface area contributed by atoms with E-state index < -0.39 is 35.4 Å². The van der Waals surface area contributed by atoms with Crippen LogP contribution in [-0.4, -0.2) is 23.6 Å². The standard InChI is InChI=1S/C18H14F4N4O2/c19-11-3-7-13(8-4-11)26-15(16(23)27)9-14(25-26)17(28)24-12-5-1-10(2-6-12)18(20,21)22/h1-8,15H,9H2,(H2,23,27)(H,24,28). The van der Waals surface area contributed by atoms with Gasteiger partial charge in [-0.25, -0.2) is 4.39 Å². The Bertz CT molecular complexity index is 924. The Morgan fingerprint density at radius 2 is 1.68 bits per heavy atom. The van der Waals surface area contributed by atoms with Gasteiger partial charge in [-0.1, -0.05) is 0 Å². The number of primary amides is 1. The first-order chi connectivity index (χ1) is 13.1. The number of hydrogen-bond donors (Lipinski definition) is 2. The summed E-state index contributed by atoms with van der Waals surface area (Å²) in [5.41, 5.74) is 4.98. The zero-order valence-corrected chi connectivity index (χ0v) is 14.2. The van der Waals surface area contributed by atoms with Crippen LogP contribution in [0.15, 0.2) is 53.6 Å². The van der Waals surface area contributed by atoms with Crippen molar-refractivity contribution in [1.82, 2.24) is 0 Å². The summed E-state index contributed by atoms with van der Waals surface area (Å²) in [7, 11) is 0. The van der Waals surface area contributed by atoms with E-state index in [0.29, 0.717) is 5.69 Å². The van der Waals surface area contributed by atoms with Crippen molar-refractivity contribution in [2.75, 3.05) is 10.3 Å². The number of carbonyl (C=O) groups is 2. The molecule has 1 heterocycles.